The number of hydrogen-bond acceptors (Lipinski definition) is 5. The Kier molecular flexibility index (Phi) is 9.88. The van der Waals surface area contributed by atoms with E-state index in [4.69, 9.17) is 30.1 Å². The molecule has 0 radical (unpaired) electrons. The van der Waals surface area contributed by atoms with Crippen molar-refractivity contribution < 1.29 is 51.5 Å². The summed E-state index contributed by atoms with van der Waals surface area (Å²) in [5, 5.41) is 13.3. The van der Waals surface area contributed by atoms with Gasteiger partial charge in [-0.05, 0) is 39.2 Å². The van der Waals surface area contributed by atoms with Crippen LogP contribution in [0.5, 0.6) is 0 Å². The Balaban J connectivity index is 0.00000417. The van der Waals surface area contributed by atoms with Crippen molar-refractivity contribution in [2.45, 2.75) is 78.0 Å². The first-order chi connectivity index (χ1) is 21.5. The second-order valence-electron chi connectivity index (χ2n) is 12.6. The predicted molar refractivity (Wildman–Crippen MR) is 173 cm³/mol. The first kappa shape index (κ1) is 34.3. The van der Waals surface area contributed by atoms with E-state index in [1.54, 1.807) is 0 Å². The molecule has 10 heteroatoms. The second-order valence-corrected chi connectivity index (χ2v) is 12.6. The molecule has 8 bridgehead atoms. The number of carbonyl (C=O) groups is 3. The van der Waals surface area contributed by atoms with Gasteiger partial charge in [-0.2, -0.15) is 0 Å². The van der Waals surface area contributed by atoms with E-state index in [9.17, 15) is 14.4 Å². The molecule has 240 valence electrons. The Hall–Kier alpha value is -3.01. The van der Waals surface area contributed by atoms with Crippen molar-refractivity contribution in [1.82, 2.24) is 9.97 Å². The molecule has 5 heterocycles. The smallest absolute Gasteiger partial charge is 0.320 e. The quantitative estimate of drug-likeness (QED) is 0.190. The first-order valence-electron chi connectivity index (χ1n) is 15.7. The molecule has 7 atom stereocenters. The molecule has 1 fully saturated rings. The number of fused-ring (bicyclic) bond motifs is 8. The Morgan fingerprint density at radius 3 is 2.30 bits per heavy atom. The van der Waals surface area contributed by atoms with Gasteiger partial charge in [-0.15, -0.1) is 51.7 Å². The van der Waals surface area contributed by atoms with Crippen molar-refractivity contribution in [3.8, 4) is 0 Å². The van der Waals surface area contributed by atoms with E-state index in [0.717, 1.165) is 33.8 Å². The van der Waals surface area contributed by atoms with E-state index < -0.39 is 17.9 Å². The fourth-order valence-corrected chi connectivity index (χ4v) is 7.82. The molecule has 0 spiro atoms. The number of methoxy groups -OCH3 is 2. The monoisotopic (exact) mass is 810 g/mol. The number of ketones is 1. The van der Waals surface area contributed by atoms with Gasteiger partial charge in [0.1, 0.15) is 5.92 Å². The zero-order chi connectivity index (χ0) is 32.3. The molecule has 1 saturated heterocycles. The van der Waals surface area contributed by atoms with Crippen LogP contribution in [0.15, 0.2) is 17.7 Å². The van der Waals surface area contributed by atoms with E-state index >= 15 is 0 Å². The molecule has 0 amide bonds. The summed E-state index contributed by atoms with van der Waals surface area (Å²) >= 11 is 0. The van der Waals surface area contributed by atoms with Crippen molar-refractivity contribution >= 4 is 47.6 Å². The van der Waals surface area contributed by atoms with Crippen LogP contribution in [0.25, 0.3) is 40.5 Å². The summed E-state index contributed by atoms with van der Waals surface area (Å²) < 4.78 is 10.2. The Bertz CT molecular complexity index is 1900. The van der Waals surface area contributed by atoms with E-state index in [1.807, 2.05) is 26.0 Å². The number of aromatic nitrogens is 2. The normalized spacial score (nSPS) is 30.1. The Morgan fingerprint density at radius 1 is 0.957 bits per heavy atom. The minimum Gasteiger partial charge on any atom is -0.658 e. The van der Waals surface area contributed by atoms with Crippen LogP contribution in [-0.2, 0) is 46.7 Å². The predicted octanol–water partition coefficient (Wildman–Crippen LogP) is 2.23. The van der Waals surface area contributed by atoms with Crippen LogP contribution >= 0.6 is 0 Å². The number of carbonyl (C=O) groups excluding carboxylic acids is 3. The van der Waals surface area contributed by atoms with Gasteiger partial charge in [0.15, 0.2) is 5.78 Å². The van der Waals surface area contributed by atoms with Gasteiger partial charge in [0.25, 0.3) is 0 Å². The first-order valence-corrected chi connectivity index (χ1v) is 15.7. The topological polar surface area (TPSA) is 126 Å². The summed E-state index contributed by atoms with van der Waals surface area (Å²) in [7, 11) is 2.67. The van der Waals surface area contributed by atoms with E-state index in [-0.39, 0.29) is 75.8 Å². The summed E-state index contributed by atoms with van der Waals surface area (Å²) in [5.41, 5.74) is 6.11. The Labute approximate surface area is 289 Å². The fourth-order valence-electron chi connectivity index (χ4n) is 7.82. The average molecular weight is 809 g/mol. The van der Waals surface area contributed by atoms with Gasteiger partial charge in [0.2, 0.25) is 0 Å². The van der Waals surface area contributed by atoms with E-state index in [0.29, 0.717) is 28.3 Å². The van der Waals surface area contributed by atoms with E-state index in [2.05, 4.69) is 39.5 Å². The van der Waals surface area contributed by atoms with Gasteiger partial charge >= 0.3 is 11.9 Å². The number of nitrogens with zero attached hydrogens (tertiary/aromatic N) is 4. The summed E-state index contributed by atoms with van der Waals surface area (Å²) in [6.07, 6.45) is 9.56. The SMILES string of the molecule is C=Cc1c(C)/c2[n-]/c1=C\C1[N-]C(/C=c3\[n-]c4c(c3C)C(=O)C(C(=O)OC)C=4C3[N-]C(\C=2)C(C)C3CCC(=O)OC)C(CC)=C1C.[Hg]. The van der Waals surface area contributed by atoms with E-state index in [1.165, 1.54) is 25.4 Å². The van der Waals surface area contributed by atoms with Crippen LogP contribution in [0.4, 0.5) is 0 Å². The van der Waals surface area contributed by atoms with Gasteiger partial charge in [0, 0.05) is 39.7 Å². The van der Waals surface area contributed by atoms with Crippen molar-refractivity contribution in [3.63, 3.8) is 0 Å². The van der Waals surface area contributed by atoms with Crippen LogP contribution < -0.4 is 31.4 Å². The van der Waals surface area contributed by atoms with Gasteiger partial charge < -0.3 is 30.1 Å². The summed E-state index contributed by atoms with van der Waals surface area (Å²) in [6.45, 7) is 14.4. The van der Waals surface area contributed by atoms with Gasteiger partial charge in [-0.25, -0.2) is 0 Å². The largest absolute Gasteiger partial charge is 0.658 e. The zero-order valence-electron chi connectivity index (χ0n) is 27.7. The number of ether oxygens (including phenoxy) is 2. The molecule has 46 heavy (non-hydrogen) atoms. The molecule has 6 rings (SSSR count). The fraction of sp³-hybridized carbons (Fsp3) is 0.472. The van der Waals surface area contributed by atoms with Gasteiger partial charge in [0.05, 0.1) is 14.2 Å². The third kappa shape index (κ3) is 5.42. The molecule has 3 aliphatic heterocycles. The number of rotatable bonds is 6. The molecular weight excluding hydrogens is 769 g/mol. The molecule has 9 nitrogen and oxygen atoms in total. The number of Topliss-reactive ketones (excluding diaryl/α,β-unsaturated/α-hetero) is 1. The van der Waals surface area contributed by atoms with Crippen LogP contribution in [-0.4, -0.2) is 56.1 Å². The van der Waals surface area contributed by atoms with Crippen LogP contribution in [0.3, 0.4) is 0 Å². The van der Waals surface area contributed by atoms with Crippen LogP contribution in [0, 0.1) is 31.6 Å². The van der Waals surface area contributed by atoms with Crippen molar-refractivity contribution in [2.75, 3.05) is 14.2 Å². The maximum absolute atomic E-state index is 14.1. The van der Waals surface area contributed by atoms with Crippen molar-refractivity contribution in [1.29, 1.82) is 0 Å². The standard InChI is InChI=1S/C36H40N4O5.Hg/c1-9-20-16(3)23-13-25-18(5)22(11-12-29(41)44-7)33(39-25)31-32(36(43)45-8)35(42)30-19(6)26(40-34(30)31)15-28-21(10-2)17(4)24(38-28)14-27(20)37-23;/h9,13-15,18,22,24-25,28,32-33H,1,10-12H2,2-8H3;/q-4;/b23-13-,26-15-,27-14-;. The Morgan fingerprint density at radius 2 is 1.65 bits per heavy atom. The molecule has 4 aliphatic rings. The maximum atomic E-state index is 14.1. The van der Waals surface area contributed by atoms with Crippen molar-refractivity contribution in [3.05, 3.63) is 72.0 Å². The molecule has 0 N–H and O–H groups in total. The zero-order valence-corrected chi connectivity index (χ0v) is 33.2. The van der Waals surface area contributed by atoms with Crippen LogP contribution in [0.2, 0.25) is 0 Å². The molecule has 2 aromatic heterocycles. The number of hydrogen-bond donors (Lipinski definition) is 0. The minimum atomic E-state index is -1.14. The summed E-state index contributed by atoms with van der Waals surface area (Å²) in [6, 6.07) is -1.20. The minimum absolute atomic E-state index is 0. The van der Waals surface area contributed by atoms with Gasteiger partial charge in [-0.3, -0.25) is 14.4 Å². The summed E-state index contributed by atoms with van der Waals surface area (Å²) in [5.74, 6) is -2.58. The average Bonchev–Trinajstić information content (AvgIpc) is 3.76. The molecule has 2 aromatic rings. The molecule has 7 unspecified atom stereocenters. The third-order valence-electron chi connectivity index (χ3n) is 10.4. The summed E-state index contributed by atoms with van der Waals surface area (Å²) in [4.78, 5) is 49.8. The van der Waals surface area contributed by atoms with Gasteiger partial charge in [-0.1, -0.05) is 78.3 Å². The molecule has 0 aromatic carbocycles. The molecule has 0 saturated carbocycles. The van der Waals surface area contributed by atoms with Crippen molar-refractivity contribution in [2.24, 2.45) is 17.8 Å². The second kappa shape index (κ2) is 13.2. The molecular formula is C36H40HgN4O5-4. The third-order valence-corrected chi connectivity index (χ3v) is 10.4. The maximum Gasteiger partial charge on any atom is 0.320 e. The molecule has 1 aliphatic carbocycles. The number of esters is 2. The van der Waals surface area contributed by atoms with Crippen LogP contribution in [0.1, 0.15) is 67.1 Å².